The predicted molar refractivity (Wildman–Crippen MR) is 110 cm³/mol. The van der Waals surface area contributed by atoms with Crippen LogP contribution in [0.1, 0.15) is 25.0 Å². The van der Waals surface area contributed by atoms with Crippen LogP contribution in [0.4, 0.5) is 0 Å². The fourth-order valence-electron chi connectivity index (χ4n) is 2.57. The summed E-state index contributed by atoms with van der Waals surface area (Å²) in [5.74, 6) is -0.272. The van der Waals surface area contributed by atoms with E-state index >= 15 is 0 Å². The van der Waals surface area contributed by atoms with Crippen LogP contribution in [0.25, 0.3) is 6.08 Å². The topological polar surface area (TPSA) is 76.1 Å². The van der Waals surface area contributed by atoms with E-state index in [0.29, 0.717) is 36.0 Å². The van der Waals surface area contributed by atoms with E-state index in [2.05, 4.69) is 6.58 Å². The van der Waals surface area contributed by atoms with Gasteiger partial charge in [-0.05, 0) is 44.0 Å². The predicted octanol–water partition coefficient (Wildman–Crippen LogP) is 3.50. The number of thioether (sulfide) groups is 1. The number of allylic oxidation sites excluding steroid dienone is 1. The number of hydrogen-bond acceptors (Lipinski definition) is 6. The minimum absolute atomic E-state index is 0.232. The van der Waals surface area contributed by atoms with Crippen molar-refractivity contribution in [3.63, 3.8) is 0 Å². The van der Waals surface area contributed by atoms with E-state index in [1.165, 1.54) is 0 Å². The average molecular weight is 408 g/mol. The van der Waals surface area contributed by atoms with Crippen molar-refractivity contribution in [2.75, 3.05) is 19.8 Å². The molecule has 1 amide bonds. The Labute approximate surface area is 167 Å². The van der Waals surface area contributed by atoms with Gasteiger partial charge in [-0.25, -0.2) is 0 Å². The highest BCUT2D eigenvalue weighted by molar-refractivity contribution is 8.26. The molecular formula is C19H21NO5S2. The van der Waals surface area contributed by atoms with Crippen LogP contribution in [0.3, 0.4) is 0 Å². The molecule has 1 aromatic rings. The van der Waals surface area contributed by atoms with E-state index in [9.17, 15) is 9.59 Å². The number of benzene rings is 1. The molecule has 144 valence electrons. The van der Waals surface area contributed by atoms with Crippen molar-refractivity contribution in [3.05, 3.63) is 40.8 Å². The van der Waals surface area contributed by atoms with Crippen LogP contribution in [-0.4, -0.2) is 46.0 Å². The van der Waals surface area contributed by atoms with Crippen molar-refractivity contribution in [3.8, 4) is 11.5 Å². The molecule has 0 aromatic heterocycles. The lowest BCUT2D eigenvalue weighted by Gasteiger charge is -2.16. The number of carboxylic acids is 1. The van der Waals surface area contributed by atoms with E-state index in [1.54, 1.807) is 18.2 Å². The van der Waals surface area contributed by atoms with E-state index in [1.807, 2.05) is 19.9 Å². The van der Waals surface area contributed by atoms with Gasteiger partial charge in [0.15, 0.2) is 11.5 Å². The molecule has 0 unspecified atom stereocenters. The third-order valence-corrected chi connectivity index (χ3v) is 4.95. The van der Waals surface area contributed by atoms with Gasteiger partial charge in [0.1, 0.15) is 10.9 Å². The number of hydrogen-bond donors (Lipinski definition) is 1. The van der Waals surface area contributed by atoms with Crippen LogP contribution < -0.4 is 9.47 Å². The number of rotatable bonds is 9. The summed E-state index contributed by atoms with van der Waals surface area (Å²) in [5.41, 5.74) is 1.64. The Bertz CT molecular complexity index is 804. The van der Waals surface area contributed by atoms with Crippen molar-refractivity contribution in [1.29, 1.82) is 0 Å². The fourth-order valence-corrected chi connectivity index (χ4v) is 3.82. The van der Waals surface area contributed by atoms with E-state index in [-0.39, 0.29) is 4.32 Å². The molecule has 1 aliphatic rings. The highest BCUT2D eigenvalue weighted by Gasteiger charge is 2.33. The van der Waals surface area contributed by atoms with Crippen LogP contribution >= 0.6 is 24.0 Å². The first-order valence-corrected chi connectivity index (χ1v) is 9.64. The van der Waals surface area contributed by atoms with Crippen molar-refractivity contribution >= 4 is 46.3 Å². The second kappa shape index (κ2) is 9.57. The molecule has 0 radical (unpaired) electrons. The molecule has 0 bridgehead atoms. The van der Waals surface area contributed by atoms with Gasteiger partial charge >= 0.3 is 5.97 Å². The van der Waals surface area contributed by atoms with E-state index < -0.39 is 18.4 Å². The van der Waals surface area contributed by atoms with Gasteiger partial charge in [-0.15, -0.1) is 6.58 Å². The molecule has 8 heteroatoms. The second-order valence-electron chi connectivity index (χ2n) is 5.53. The zero-order chi connectivity index (χ0) is 20.0. The number of carboxylic acid groups (broad SMARTS) is 1. The number of carbonyl (C=O) groups is 2. The summed E-state index contributed by atoms with van der Waals surface area (Å²) in [6.07, 6.45) is 4.03. The Balaban J connectivity index is 2.44. The third-order valence-electron chi connectivity index (χ3n) is 3.57. The average Bonchev–Trinajstić information content (AvgIpc) is 2.85. The molecule has 1 N–H and O–H groups in total. The maximum atomic E-state index is 12.5. The van der Waals surface area contributed by atoms with Crippen LogP contribution in [0.5, 0.6) is 11.5 Å². The van der Waals surface area contributed by atoms with Crippen molar-refractivity contribution in [1.82, 2.24) is 4.90 Å². The molecule has 1 saturated heterocycles. The van der Waals surface area contributed by atoms with E-state index in [0.717, 1.165) is 27.8 Å². The van der Waals surface area contributed by atoms with Gasteiger partial charge in [-0.3, -0.25) is 14.5 Å². The zero-order valence-electron chi connectivity index (χ0n) is 15.2. The first-order valence-electron chi connectivity index (χ1n) is 8.41. The van der Waals surface area contributed by atoms with Gasteiger partial charge in [0, 0.05) is 5.56 Å². The minimum Gasteiger partial charge on any atom is -0.490 e. The summed E-state index contributed by atoms with van der Waals surface area (Å²) < 4.78 is 11.7. The molecule has 27 heavy (non-hydrogen) atoms. The van der Waals surface area contributed by atoms with Crippen LogP contribution in [0.15, 0.2) is 29.7 Å². The van der Waals surface area contributed by atoms with Gasteiger partial charge in [0.2, 0.25) is 0 Å². The molecule has 0 atom stereocenters. The molecule has 6 nitrogen and oxygen atoms in total. The lowest BCUT2D eigenvalue weighted by atomic mass is 10.0. The maximum absolute atomic E-state index is 12.5. The Hall–Kier alpha value is -2.32. The fraction of sp³-hybridized carbons (Fsp3) is 0.316. The van der Waals surface area contributed by atoms with Crippen LogP contribution in [0.2, 0.25) is 0 Å². The number of carbonyl (C=O) groups excluding carboxylic acids is 1. The second-order valence-corrected chi connectivity index (χ2v) is 7.20. The summed E-state index contributed by atoms with van der Waals surface area (Å²) in [5, 5.41) is 8.94. The number of thiocarbonyl (C=S) groups is 1. The molecular weight excluding hydrogens is 386 g/mol. The molecule has 1 aromatic carbocycles. The SMILES string of the molecule is C=CCc1cc(/C=C2\SC(=S)N(CC(=O)O)C2=O)cc(OCC)c1OCC. The molecule has 1 fully saturated rings. The third kappa shape index (κ3) is 5.11. The van der Waals surface area contributed by atoms with Crippen molar-refractivity contribution < 1.29 is 24.2 Å². The lowest BCUT2D eigenvalue weighted by molar-refractivity contribution is -0.140. The minimum atomic E-state index is -1.11. The number of ether oxygens (including phenoxy) is 2. The summed E-state index contributed by atoms with van der Waals surface area (Å²) in [4.78, 5) is 24.8. The van der Waals surface area contributed by atoms with Gasteiger partial charge < -0.3 is 14.6 Å². The van der Waals surface area contributed by atoms with Gasteiger partial charge in [-0.1, -0.05) is 30.1 Å². The van der Waals surface area contributed by atoms with Crippen molar-refractivity contribution in [2.45, 2.75) is 20.3 Å². The Morgan fingerprint density at radius 1 is 1.33 bits per heavy atom. The summed E-state index contributed by atoms with van der Waals surface area (Å²) >= 11 is 6.21. The highest BCUT2D eigenvalue weighted by atomic mass is 32.2. The molecule has 0 spiro atoms. The van der Waals surface area contributed by atoms with Gasteiger partial charge in [0.05, 0.1) is 18.1 Å². The maximum Gasteiger partial charge on any atom is 0.323 e. The first-order chi connectivity index (χ1) is 12.9. The monoisotopic (exact) mass is 407 g/mol. The summed E-state index contributed by atoms with van der Waals surface area (Å²) in [6.45, 7) is 8.08. The van der Waals surface area contributed by atoms with Crippen molar-refractivity contribution in [2.24, 2.45) is 0 Å². The number of nitrogens with zero attached hydrogens (tertiary/aromatic N) is 1. The lowest BCUT2D eigenvalue weighted by Crippen LogP contribution is -2.33. The van der Waals surface area contributed by atoms with Gasteiger partial charge in [-0.2, -0.15) is 0 Å². The number of amides is 1. The molecule has 2 rings (SSSR count). The van der Waals surface area contributed by atoms with E-state index in [4.69, 9.17) is 26.8 Å². The number of aliphatic carboxylic acids is 1. The van der Waals surface area contributed by atoms with Crippen LogP contribution in [0, 0.1) is 0 Å². The molecule has 1 heterocycles. The quantitative estimate of drug-likeness (QED) is 0.381. The summed E-state index contributed by atoms with van der Waals surface area (Å²) in [6, 6.07) is 3.70. The normalized spacial score (nSPS) is 15.3. The highest BCUT2D eigenvalue weighted by Crippen LogP contribution is 2.37. The Morgan fingerprint density at radius 3 is 2.63 bits per heavy atom. The Morgan fingerprint density at radius 2 is 2.04 bits per heavy atom. The first kappa shape index (κ1) is 21.0. The molecule has 0 aliphatic carbocycles. The molecule has 1 aliphatic heterocycles. The largest absolute Gasteiger partial charge is 0.490 e. The zero-order valence-corrected chi connectivity index (χ0v) is 16.8. The standard InChI is InChI=1S/C19H21NO5S2/c1-4-7-13-8-12(9-14(24-5-2)17(13)25-6-3)10-15-18(23)20(11-16(21)22)19(26)27-15/h4,8-10H,1,5-7,11H2,2-3H3,(H,21,22)/b15-10-. The summed E-state index contributed by atoms with van der Waals surface area (Å²) in [7, 11) is 0. The Kier molecular flexibility index (Phi) is 7.44. The van der Waals surface area contributed by atoms with Crippen LogP contribution in [-0.2, 0) is 16.0 Å². The molecule has 0 saturated carbocycles. The van der Waals surface area contributed by atoms with Gasteiger partial charge in [0.25, 0.3) is 5.91 Å². The smallest absolute Gasteiger partial charge is 0.323 e.